The lowest BCUT2D eigenvalue weighted by Gasteiger charge is -2.01. The molecule has 0 aliphatic carbocycles. The Kier molecular flexibility index (Phi) is 5.35. The molecule has 0 saturated heterocycles. The van der Waals surface area contributed by atoms with E-state index in [1.807, 2.05) is 64.8 Å². The molecule has 4 nitrogen and oxygen atoms in total. The van der Waals surface area contributed by atoms with Crippen LogP contribution in [-0.2, 0) is 0 Å². The lowest BCUT2D eigenvalue weighted by molar-refractivity contribution is 0.621. The second-order valence-electron chi connectivity index (χ2n) is 5.76. The monoisotopic (exact) mass is 485 g/mol. The van der Waals surface area contributed by atoms with Crippen molar-refractivity contribution < 1.29 is 4.42 Å². The molecule has 0 atom stereocenters. The zero-order chi connectivity index (χ0) is 18.6. The second kappa shape index (κ2) is 8.06. The number of benzene rings is 2. The topological polar surface area (TPSA) is 42.8 Å². The van der Waals surface area contributed by atoms with E-state index in [4.69, 9.17) is 9.52 Å². The average Bonchev–Trinajstić information content (AvgIpc) is 3.29. The Morgan fingerprint density at radius 2 is 1.96 bits per heavy atom. The second-order valence-corrected chi connectivity index (χ2v) is 7.76. The maximum atomic E-state index is 6.04. The summed E-state index contributed by atoms with van der Waals surface area (Å²) in [5.41, 5.74) is 2.79. The minimum absolute atomic E-state index is 0.540. The number of thiazole rings is 1. The van der Waals surface area contributed by atoms with Gasteiger partial charge in [-0.2, -0.15) is 5.10 Å². The van der Waals surface area contributed by atoms with Crippen LogP contribution in [0.15, 0.2) is 87.1 Å². The predicted molar refractivity (Wildman–Crippen MR) is 120 cm³/mol. The fraction of sp³-hybridized carbons (Fsp3) is 0.0476. The molecule has 6 heteroatoms. The van der Waals surface area contributed by atoms with Crippen molar-refractivity contribution in [2.75, 3.05) is 6.54 Å². The van der Waals surface area contributed by atoms with Gasteiger partial charge in [0.05, 0.1) is 12.8 Å². The first-order valence-electron chi connectivity index (χ1n) is 8.36. The van der Waals surface area contributed by atoms with Crippen molar-refractivity contribution in [1.82, 2.24) is 4.68 Å². The lowest BCUT2D eigenvalue weighted by atomic mass is 10.2. The van der Waals surface area contributed by atoms with E-state index in [0.29, 0.717) is 6.54 Å². The van der Waals surface area contributed by atoms with Crippen LogP contribution in [0, 0.1) is 3.57 Å². The maximum absolute atomic E-state index is 6.04. The molecule has 4 aromatic rings. The maximum Gasteiger partial charge on any atom is 0.206 e. The van der Waals surface area contributed by atoms with Crippen molar-refractivity contribution in [3.8, 4) is 11.5 Å². The molecule has 0 N–H and O–H groups in total. The van der Waals surface area contributed by atoms with Crippen molar-refractivity contribution in [2.24, 2.45) is 10.1 Å². The molecule has 2 heterocycles. The first-order valence-corrected chi connectivity index (χ1v) is 10.3. The highest BCUT2D eigenvalue weighted by Crippen LogP contribution is 2.28. The molecule has 0 unspecified atom stereocenters. The Bertz CT molecular complexity index is 1170. The summed E-state index contributed by atoms with van der Waals surface area (Å²) < 4.78 is 9.01. The van der Waals surface area contributed by atoms with Crippen LogP contribution in [0.25, 0.3) is 22.4 Å². The molecule has 0 aliphatic heterocycles. The van der Waals surface area contributed by atoms with Crippen LogP contribution < -0.4 is 4.80 Å². The molecule has 4 rings (SSSR count). The minimum atomic E-state index is 0.540. The Morgan fingerprint density at radius 1 is 1.15 bits per heavy atom. The van der Waals surface area contributed by atoms with Crippen LogP contribution >= 0.6 is 33.9 Å². The quantitative estimate of drug-likeness (QED) is 0.208. The lowest BCUT2D eigenvalue weighted by Crippen LogP contribution is -2.12. The molecule has 2 aromatic heterocycles. The molecule has 0 radical (unpaired) electrons. The van der Waals surface area contributed by atoms with Gasteiger partial charge in [0.1, 0.15) is 11.3 Å². The van der Waals surface area contributed by atoms with Crippen molar-refractivity contribution >= 4 is 51.1 Å². The number of halogens is 1. The van der Waals surface area contributed by atoms with Crippen LogP contribution in [0.3, 0.4) is 0 Å². The normalized spacial score (nSPS) is 12.3. The molecule has 0 aliphatic rings. The summed E-state index contributed by atoms with van der Waals surface area (Å²) in [6.45, 7) is 4.29. The van der Waals surface area contributed by atoms with Gasteiger partial charge in [0.2, 0.25) is 4.80 Å². The zero-order valence-corrected chi connectivity index (χ0v) is 17.4. The average molecular weight is 485 g/mol. The summed E-state index contributed by atoms with van der Waals surface area (Å²) in [4.78, 5) is 5.36. The zero-order valence-electron chi connectivity index (χ0n) is 14.4. The highest BCUT2D eigenvalue weighted by Gasteiger charge is 2.12. The molecular formula is C21H16IN3OS. The van der Waals surface area contributed by atoms with Crippen LogP contribution in [0.2, 0.25) is 0 Å². The SMILES string of the molecule is C=CCN=c1scc(-c2cc3ccccc3o2)n1N=Cc1ccccc1I. The summed E-state index contributed by atoms with van der Waals surface area (Å²) in [7, 11) is 0. The van der Waals surface area contributed by atoms with Gasteiger partial charge in [0, 0.05) is 19.9 Å². The van der Waals surface area contributed by atoms with E-state index in [-0.39, 0.29) is 0 Å². The van der Waals surface area contributed by atoms with E-state index in [1.165, 1.54) is 11.3 Å². The molecule has 2 aromatic carbocycles. The van der Waals surface area contributed by atoms with E-state index >= 15 is 0 Å². The van der Waals surface area contributed by atoms with Crippen LogP contribution in [-0.4, -0.2) is 17.4 Å². The van der Waals surface area contributed by atoms with Gasteiger partial charge in [0.15, 0.2) is 5.76 Å². The Hall–Kier alpha value is -2.45. The predicted octanol–water partition coefficient (Wildman–Crippen LogP) is 5.54. The summed E-state index contributed by atoms with van der Waals surface area (Å²) in [5.74, 6) is 0.771. The number of para-hydroxylation sites is 1. The fourth-order valence-electron chi connectivity index (χ4n) is 2.64. The van der Waals surface area contributed by atoms with Gasteiger partial charge in [-0.3, -0.25) is 4.99 Å². The van der Waals surface area contributed by atoms with E-state index in [0.717, 1.165) is 36.4 Å². The minimum Gasteiger partial charge on any atom is -0.454 e. The van der Waals surface area contributed by atoms with E-state index in [2.05, 4.69) is 40.2 Å². The van der Waals surface area contributed by atoms with E-state index < -0.39 is 0 Å². The Labute approximate surface area is 174 Å². The number of hydrogen-bond donors (Lipinski definition) is 0. The number of rotatable bonds is 5. The van der Waals surface area contributed by atoms with Gasteiger partial charge in [-0.15, -0.1) is 17.9 Å². The Balaban J connectivity index is 1.84. The van der Waals surface area contributed by atoms with Gasteiger partial charge in [-0.05, 0) is 40.8 Å². The molecule has 0 saturated carbocycles. The fourth-order valence-corrected chi connectivity index (χ4v) is 3.99. The highest BCUT2D eigenvalue weighted by atomic mass is 127. The van der Waals surface area contributed by atoms with Crippen molar-refractivity contribution in [3.05, 3.63) is 86.6 Å². The molecule has 0 fully saturated rings. The van der Waals surface area contributed by atoms with Crippen LogP contribution in [0.5, 0.6) is 0 Å². The van der Waals surface area contributed by atoms with Gasteiger partial charge in [0.25, 0.3) is 0 Å². The highest BCUT2D eigenvalue weighted by molar-refractivity contribution is 14.1. The number of furan rings is 1. The first kappa shape index (κ1) is 17.9. The van der Waals surface area contributed by atoms with E-state index in [1.54, 1.807) is 6.08 Å². The van der Waals surface area contributed by atoms with E-state index in [9.17, 15) is 0 Å². The number of aromatic nitrogens is 1. The van der Waals surface area contributed by atoms with Gasteiger partial charge in [-0.25, -0.2) is 4.68 Å². The first-order chi connectivity index (χ1) is 13.3. The molecule has 0 spiro atoms. The van der Waals surface area contributed by atoms with Gasteiger partial charge >= 0.3 is 0 Å². The molecule has 0 bridgehead atoms. The summed E-state index contributed by atoms with van der Waals surface area (Å²) in [6, 6.07) is 18.1. The standard InChI is InChI=1S/C21H16IN3OS/c1-2-11-23-21-25(24-13-16-8-3-5-9-17(16)22)18(14-27-21)20-12-15-7-4-6-10-19(15)26-20/h2-10,12-14H,1,11H2. The number of hydrogen-bond acceptors (Lipinski definition) is 4. The molecule has 27 heavy (non-hydrogen) atoms. The van der Waals surface area contributed by atoms with Crippen LogP contribution in [0.1, 0.15) is 5.56 Å². The molecule has 134 valence electrons. The largest absolute Gasteiger partial charge is 0.454 e. The Morgan fingerprint density at radius 3 is 2.78 bits per heavy atom. The summed E-state index contributed by atoms with van der Waals surface area (Å²) >= 11 is 3.84. The summed E-state index contributed by atoms with van der Waals surface area (Å²) in [6.07, 6.45) is 3.63. The van der Waals surface area contributed by atoms with Crippen LogP contribution in [0.4, 0.5) is 0 Å². The van der Waals surface area contributed by atoms with Crippen molar-refractivity contribution in [3.63, 3.8) is 0 Å². The third-order valence-corrected chi connectivity index (χ3v) is 5.77. The van der Waals surface area contributed by atoms with Crippen molar-refractivity contribution in [2.45, 2.75) is 0 Å². The molecular weight excluding hydrogens is 469 g/mol. The smallest absolute Gasteiger partial charge is 0.206 e. The number of fused-ring (bicyclic) bond motifs is 1. The number of nitrogens with zero attached hydrogens (tertiary/aromatic N) is 3. The van der Waals surface area contributed by atoms with Crippen molar-refractivity contribution in [1.29, 1.82) is 0 Å². The van der Waals surface area contributed by atoms with Gasteiger partial charge in [-0.1, -0.05) is 42.5 Å². The third-order valence-electron chi connectivity index (χ3n) is 3.94. The summed E-state index contributed by atoms with van der Waals surface area (Å²) in [5, 5.41) is 7.79. The van der Waals surface area contributed by atoms with Gasteiger partial charge < -0.3 is 4.42 Å². The molecule has 0 amide bonds. The third kappa shape index (κ3) is 3.81.